The van der Waals surface area contributed by atoms with Crippen LogP contribution in [0.2, 0.25) is 0 Å². The van der Waals surface area contributed by atoms with Gasteiger partial charge < -0.3 is 0 Å². The van der Waals surface area contributed by atoms with Crippen LogP contribution in [-0.4, -0.2) is 11.5 Å². The number of thioether (sulfide) groups is 1. The Balaban J connectivity index is 2.06. The number of nitrogens with two attached hydrogens (primary N) is 1. The second-order valence-corrected chi connectivity index (χ2v) is 6.66. The number of hydrogen-bond donors (Lipinski definition) is 2. The van der Waals surface area contributed by atoms with E-state index >= 15 is 0 Å². The predicted octanol–water partition coefficient (Wildman–Crippen LogP) is 3.34. The van der Waals surface area contributed by atoms with Gasteiger partial charge in [0.2, 0.25) is 0 Å². The molecular formula is C15H24N2S. The van der Waals surface area contributed by atoms with E-state index in [0.29, 0.717) is 6.04 Å². The Bertz CT molecular complexity index is 366. The first-order chi connectivity index (χ1) is 8.69. The van der Waals surface area contributed by atoms with E-state index in [1.807, 2.05) is 0 Å². The molecule has 2 nitrogen and oxygen atoms in total. The summed E-state index contributed by atoms with van der Waals surface area (Å²) in [6, 6.07) is 7.04. The molecule has 1 saturated heterocycles. The largest absolute Gasteiger partial charge is 0.271 e. The van der Waals surface area contributed by atoms with E-state index in [1.165, 1.54) is 47.5 Å². The summed E-state index contributed by atoms with van der Waals surface area (Å²) in [5.74, 6) is 9.22. The lowest BCUT2D eigenvalue weighted by Crippen LogP contribution is -2.30. The van der Waals surface area contributed by atoms with Crippen molar-refractivity contribution >= 4 is 11.8 Å². The van der Waals surface area contributed by atoms with Gasteiger partial charge in [-0.05, 0) is 56.1 Å². The van der Waals surface area contributed by atoms with Crippen molar-refractivity contribution in [2.45, 2.75) is 39.2 Å². The lowest BCUT2D eigenvalue weighted by molar-refractivity contribution is 0.373. The minimum absolute atomic E-state index is 0.302. The molecule has 0 amide bonds. The molecule has 0 radical (unpaired) electrons. The van der Waals surface area contributed by atoms with Crippen molar-refractivity contribution in [1.29, 1.82) is 0 Å². The second kappa shape index (κ2) is 6.60. The van der Waals surface area contributed by atoms with E-state index in [9.17, 15) is 0 Å². The van der Waals surface area contributed by atoms with E-state index in [2.05, 4.69) is 49.2 Å². The van der Waals surface area contributed by atoms with Crippen LogP contribution in [0.4, 0.5) is 0 Å². The molecule has 0 saturated carbocycles. The fourth-order valence-corrected chi connectivity index (χ4v) is 4.03. The SMILES string of the molecule is Cc1cc(C)cc(C(CC2CCSCC2)NN)c1. The molecule has 100 valence electrons. The zero-order valence-electron chi connectivity index (χ0n) is 11.4. The van der Waals surface area contributed by atoms with Gasteiger partial charge in [0, 0.05) is 6.04 Å². The summed E-state index contributed by atoms with van der Waals surface area (Å²) in [7, 11) is 0. The number of hydrazine groups is 1. The third-order valence-corrected chi connectivity index (χ3v) is 4.81. The van der Waals surface area contributed by atoms with E-state index in [0.717, 1.165) is 5.92 Å². The van der Waals surface area contributed by atoms with Gasteiger partial charge in [0.25, 0.3) is 0 Å². The number of benzene rings is 1. The summed E-state index contributed by atoms with van der Waals surface area (Å²) >= 11 is 2.08. The third-order valence-electron chi connectivity index (χ3n) is 3.76. The molecule has 2 rings (SSSR count). The van der Waals surface area contributed by atoms with Crippen LogP contribution in [0.1, 0.15) is 42.0 Å². The Kier molecular flexibility index (Phi) is 5.10. The maximum Gasteiger partial charge on any atom is 0.0462 e. The maximum absolute atomic E-state index is 5.77. The van der Waals surface area contributed by atoms with Crippen LogP contribution < -0.4 is 11.3 Å². The molecule has 0 aromatic heterocycles. The average Bonchev–Trinajstić information content (AvgIpc) is 2.36. The number of nitrogens with one attached hydrogen (secondary N) is 1. The smallest absolute Gasteiger partial charge is 0.0462 e. The highest BCUT2D eigenvalue weighted by atomic mass is 32.2. The first kappa shape index (κ1) is 13.9. The van der Waals surface area contributed by atoms with Crippen LogP contribution in [-0.2, 0) is 0 Å². The van der Waals surface area contributed by atoms with Crippen LogP contribution in [0.25, 0.3) is 0 Å². The number of rotatable bonds is 4. The van der Waals surface area contributed by atoms with Crippen molar-refractivity contribution in [3.05, 3.63) is 34.9 Å². The fourth-order valence-electron chi connectivity index (χ4n) is 2.83. The molecule has 3 N–H and O–H groups in total. The summed E-state index contributed by atoms with van der Waals surface area (Å²) in [5.41, 5.74) is 7.00. The maximum atomic E-state index is 5.77. The van der Waals surface area contributed by atoms with E-state index in [1.54, 1.807) is 0 Å². The predicted molar refractivity (Wildman–Crippen MR) is 80.6 cm³/mol. The Morgan fingerprint density at radius 1 is 1.22 bits per heavy atom. The molecular weight excluding hydrogens is 240 g/mol. The Hall–Kier alpha value is -0.510. The zero-order valence-corrected chi connectivity index (χ0v) is 12.2. The molecule has 1 fully saturated rings. The Labute approximate surface area is 115 Å². The zero-order chi connectivity index (χ0) is 13.0. The first-order valence-corrected chi connectivity index (χ1v) is 7.96. The van der Waals surface area contributed by atoms with E-state index in [-0.39, 0.29) is 0 Å². The lowest BCUT2D eigenvalue weighted by atomic mass is 9.90. The van der Waals surface area contributed by atoms with Gasteiger partial charge in [0.15, 0.2) is 0 Å². The summed E-state index contributed by atoms with van der Waals surface area (Å²) < 4.78 is 0. The minimum atomic E-state index is 0.302. The molecule has 1 aliphatic rings. The highest BCUT2D eigenvalue weighted by molar-refractivity contribution is 7.99. The van der Waals surface area contributed by atoms with Gasteiger partial charge >= 0.3 is 0 Å². The van der Waals surface area contributed by atoms with Gasteiger partial charge in [0.05, 0.1) is 0 Å². The molecule has 1 heterocycles. The van der Waals surface area contributed by atoms with E-state index < -0.39 is 0 Å². The van der Waals surface area contributed by atoms with Gasteiger partial charge in [-0.15, -0.1) is 0 Å². The standard InChI is InChI=1S/C15H24N2S/c1-11-7-12(2)9-14(8-11)15(17-16)10-13-3-5-18-6-4-13/h7-9,13,15,17H,3-6,10,16H2,1-2H3. The Morgan fingerprint density at radius 2 is 1.83 bits per heavy atom. The van der Waals surface area contributed by atoms with Crippen LogP contribution in [0, 0.1) is 19.8 Å². The van der Waals surface area contributed by atoms with Gasteiger partial charge in [0.1, 0.15) is 0 Å². The summed E-state index contributed by atoms with van der Waals surface area (Å²) in [6.07, 6.45) is 3.85. The van der Waals surface area contributed by atoms with Crippen molar-refractivity contribution in [1.82, 2.24) is 5.43 Å². The molecule has 0 spiro atoms. The molecule has 1 aromatic carbocycles. The molecule has 1 atom stereocenters. The first-order valence-electron chi connectivity index (χ1n) is 6.81. The van der Waals surface area contributed by atoms with Gasteiger partial charge in [-0.2, -0.15) is 11.8 Å². The van der Waals surface area contributed by atoms with E-state index in [4.69, 9.17) is 5.84 Å². The second-order valence-electron chi connectivity index (χ2n) is 5.43. The van der Waals surface area contributed by atoms with Crippen molar-refractivity contribution in [3.63, 3.8) is 0 Å². The highest BCUT2D eigenvalue weighted by Gasteiger charge is 2.19. The van der Waals surface area contributed by atoms with Crippen LogP contribution in [0.3, 0.4) is 0 Å². The Morgan fingerprint density at radius 3 is 2.39 bits per heavy atom. The molecule has 0 aliphatic carbocycles. The van der Waals surface area contributed by atoms with Crippen molar-refractivity contribution < 1.29 is 0 Å². The molecule has 3 heteroatoms. The highest BCUT2D eigenvalue weighted by Crippen LogP contribution is 2.31. The van der Waals surface area contributed by atoms with Crippen LogP contribution in [0.15, 0.2) is 18.2 Å². The summed E-state index contributed by atoms with van der Waals surface area (Å²) in [4.78, 5) is 0. The monoisotopic (exact) mass is 264 g/mol. The van der Waals surface area contributed by atoms with Gasteiger partial charge in [-0.1, -0.05) is 29.3 Å². The molecule has 1 aromatic rings. The average molecular weight is 264 g/mol. The van der Waals surface area contributed by atoms with Crippen molar-refractivity contribution in [2.75, 3.05) is 11.5 Å². The van der Waals surface area contributed by atoms with Crippen LogP contribution >= 0.6 is 11.8 Å². The molecule has 0 bridgehead atoms. The third kappa shape index (κ3) is 3.74. The van der Waals surface area contributed by atoms with Crippen LogP contribution in [0.5, 0.6) is 0 Å². The minimum Gasteiger partial charge on any atom is -0.271 e. The topological polar surface area (TPSA) is 38.0 Å². The molecule has 1 unspecified atom stereocenters. The van der Waals surface area contributed by atoms with Gasteiger partial charge in [-0.25, -0.2) is 0 Å². The van der Waals surface area contributed by atoms with Gasteiger partial charge in [-0.3, -0.25) is 11.3 Å². The quantitative estimate of drug-likeness (QED) is 0.647. The summed E-state index contributed by atoms with van der Waals surface area (Å²) in [6.45, 7) is 4.31. The number of aryl methyl sites for hydroxylation is 2. The molecule has 18 heavy (non-hydrogen) atoms. The number of hydrogen-bond acceptors (Lipinski definition) is 3. The lowest BCUT2D eigenvalue weighted by Gasteiger charge is -2.26. The molecule has 1 aliphatic heterocycles. The van der Waals surface area contributed by atoms with Crippen molar-refractivity contribution in [3.8, 4) is 0 Å². The normalized spacial score (nSPS) is 18.8. The summed E-state index contributed by atoms with van der Waals surface area (Å²) in [5, 5.41) is 0. The van der Waals surface area contributed by atoms with Crippen molar-refractivity contribution in [2.24, 2.45) is 11.8 Å². The fraction of sp³-hybridized carbons (Fsp3) is 0.600.